The highest BCUT2D eigenvalue weighted by molar-refractivity contribution is 7.15. The fourth-order valence-corrected chi connectivity index (χ4v) is 12.0. The Morgan fingerprint density at radius 1 is 0.889 bits per heavy atom. The molecule has 10 rings (SSSR count). The predicted molar refractivity (Wildman–Crippen MR) is 278 cm³/mol. The van der Waals surface area contributed by atoms with Gasteiger partial charge in [0.15, 0.2) is 5.82 Å². The molecule has 7 aromatic rings. The van der Waals surface area contributed by atoms with Crippen LogP contribution in [0.2, 0.25) is 5.02 Å². The summed E-state index contributed by atoms with van der Waals surface area (Å²) in [5.41, 5.74) is 10.2. The number of fused-ring (bicyclic) bond motifs is 3. The van der Waals surface area contributed by atoms with Gasteiger partial charge in [-0.2, -0.15) is 5.10 Å². The van der Waals surface area contributed by atoms with Crippen molar-refractivity contribution in [3.63, 3.8) is 0 Å². The minimum Gasteiger partial charge on any atom is -0.474 e. The van der Waals surface area contributed by atoms with Gasteiger partial charge in [0, 0.05) is 82.5 Å². The third-order valence-corrected chi connectivity index (χ3v) is 16.4. The van der Waals surface area contributed by atoms with Gasteiger partial charge in [-0.15, -0.1) is 32.9 Å². The summed E-state index contributed by atoms with van der Waals surface area (Å²) in [6.07, 6.45) is 5.74. The van der Waals surface area contributed by atoms with Gasteiger partial charge in [-0.3, -0.25) is 28.6 Å². The Bertz CT molecular complexity index is 3170. The maximum absolute atomic E-state index is 14.4. The Morgan fingerprint density at radius 3 is 2.32 bits per heavy atom. The molecule has 5 aromatic heterocycles. The summed E-state index contributed by atoms with van der Waals surface area (Å²) in [5, 5.41) is 32.2. The Hall–Kier alpha value is -6.60. The molecule has 72 heavy (non-hydrogen) atoms. The Kier molecular flexibility index (Phi) is 13.7. The lowest BCUT2D eigenvalue weighted by atomic mass is 9.89. The minimum atomic E-state index is -0.835. The first-order chi connectivity index (χ1) is 34.6. The SMILES string of the molecule is Cc1ncsc1-c1ccc([C@H](C)NC(=O)[C@@H]2C[C@@H](O)CN2C(=O)[C@@H](C(C)C)n2cc(-c3ccc(OC4CC(NC(=O)C[C@@H]5N=C(c6ccc(Cl)cc6)c6c(sc(C)c6C)-n6c(C)nnc65)C4)nc3)cn2)cc1. The molecule has 2 fully saturated rings. The van der Waals surface area contributed by atoms with Crippen LogP contribution in [-0.4, -0.2) is 98.8 Å². The number of carbonyl (C=O) groups excluding carboxylic acids is 3. The summed E-state index contributed by atoms with van der Waals surface area (Å²) in [7, 11) is 0. The number of aromatic nitrogens is 7. The Balaban J connectivity index is 0.743. The summed E-state index contributed by atoms with van der Waals surface area (Å²) in [6.45, 7) is 13.9. The number of hydrogen-bond donors (Lipinski definition) is 3. The average Bonchev–Trinajstić information content (AvgIpc) is 4.19. The summed E-state index contributed by atoms with van der Waals surface area (Å²) >= 11 is 9.53. The number of benzene rings is 2. The number of hydrogen-bond acceptors (Lipinski definition) is 13. The van der Waals surface area contributed by atoms with Crippen molar-refractivity contribution in [3.05, 3.63) is 134 Å². The zero-order valence-electron chi connectivity index (χ0n) is 41.0. The fourth-order valence-electron chi connectivity index (χ4n) is 9.88. The van der Waals surface area contributed by atoms with Crippen LogP contribution in [-0.2, 0) is 14.4 Å². The van der Waals surface area contributed by atoms with Crippen molar-refractivity contribution < 1.29 is 24.2 Å². The Labute approximate surface area is 430 Å². The molecule has 0 radical (unpaired) electrons. The monoisotopic (exact) mass is 1030 g/mol. The number of halogens is 1. The zero-order valence-corrected chi connectivity index (χ0v) is 43.4. The van der Waals surface area contributed by atoms with Crippen molar-refractivity contribution in [2.45, 2.75) is 117 Å². The van der Waals surface area contributed by atoms with Gasteiger partial charge in [-0.25, -0.2) is 9.97 Å². The molecule has 19 heteroatoms. The van der Waals surface area contributed by atoms with Gasteiger partial charge < -0.3 is 25.4 Å². The van der Waals surface area contributed by atoms with E-state index in [9.17, 15) is 19.5 Å². The van der Waals surface area contributed by atoms with Crippen molar-refractivity contribution >= 4 is 57.7 Å². The van der Waals surface area contributed by atoms with E-state index >= 15 is 0 Å². The number of ether oxygens (including phenoxy) is 1. The third-order valence-electron chi connectivity index (χ3n) is 14.0. The maximum atomic E-state index is 14.4. The average molecular weight is 1030 g/mol. The number of thiazole rings is 1. The van der Waals surface area contributed by atoms with Crippen LogP contribution < -0.4 is 15.4 Å². The van der Waals surface area contributed by atoms with Crippen molar-refractivity contribution in [1.29, 1.82) is 0 Å². The van der Waals surface area contributed by atoms with E-state index in [0.29, 0.717) is 29.6 Å². The standard InChI is InChI=1S/C53H56ClN11O5S2/c1-27(2)48(52(69)63-25-40(66)20-43(63)51(68)58-29(4)33-8-10-35(11-9-33)49-30(5)56-26-71-49)64-24-37(23-57-64)36-14-17-45(55-22-36)70-41-18-39(19-41)59-44(67)21-42-50-62-61-32(7)65(50)53-46(28(3)31(6)72-53)47(60-42)34-12-15-38(54)16-13-34/h8-17,22-24,26-27,29,39-43,48,66H,18-21,25H2,1-7H3,(H,58,68)(H,59,67)/t29-,39?,40+,41?,42-,43-,48+/m0/s1. The number of likely N-dealkylation sites (tertiary alicyclic amines) is 1. The van der Waals surface area contributed by atoms with E-state index < -0.39 is 24.2 Å². The molecule has 5 atom stereocenters. The third kappa shape index (κ3) is 9.72. The molecule has 0 spiro atoms. The van der Waals surface area contributed by atoms with Gasteiger partial charge in [0.05, 0.1) is 46.6 Å². The molecule has 2 aromatic carbocycles. The van der Waals surface area contributed by atoms with Gasteiger partial charge in [0.25, 0.3) is 0 Å². The van der Waals surface area contributed by atoms with Gasteiger partial charge in [0.2, 0.25) is 23.6 Å². The lowest BCUT2D eigenvalue weighted by molar-refractivity contribution is -0.142. The molecule has 3 aliphatic rings. The second kappa shape index (κ2) is 20.1. The number of amides is 3. The zero-order chi connectivity index (χ0) is 50.5. The number of aliphatic hydroxyl groups is 1. The Morgan fingerprint density at radius 2 is 1.62 bits per heavy atom. The fraction of sp³-hybridized carbons (Fsp3) is 0.377. The quantitative estimate of drug-likeness (QED) is 0.0949. The number of aryl methyl sites for hydroxylation is 3. The smallest absolute Gasteiger partial charge is 0.248 e. The summed E-state index contributed by atoms with van der Waals surface area (Å²) < 4.78 is 9.90. The van der Waals surface area contributed by atoms with E-state index in [1.807, 2.05) is 105 Å². The predicted octanol–water partition coefficient (Wildman–Crippen LogP) is 8.64. The molecule has 3 amide bonds. The van der Waals surface area contributed by atoms with Gasteiger partial charge >= 0.3 is 0 Å². The molecule has 0 bridgehead atoms. The number of pyridine rings is 1. The number of thiophene rings is 1. The van der Waals surface area contributed by atoms with Crippen molar-refractivity contribution in [1.82, 2.24) is 50.0 Å². The summed E-state index contributed by atoms with van der Waals surface area (Å²) in [4.78, 5) is 59.8. The number of aliphatic imine (C=N–C) groups is 1. The highest BCUT2D eigenvalue weighted by Crippen LogP contribution is 2.40. The van der Waals surface area contributed by atoms with E-state index in [1.165, 1.54) is 9.78 Å². The second-order valence-electron chi connectivity index (χ2n) is 19.4. The number of carbonyl (C=O) groups is 3. The minimum absolute atomic E-state index is 0.0497. The van der Waals surface area contributed by atoms with Crippen molar-refractivity contribution in [2.75, 3.05) is 6.54 Å². The number of rotatable bonds is 14. The summed E-state index contributed by atoms with van der Waals surface area (Å²) in [6, 6.07) is 16.8. The first kappa shape index (κ1) is 49.0. The van der Waals surface area contributed by atoms with Crippen molar-refractivity contribution in [2.24, 2.45) is 10.9 Å². The van der Waals surface area contributed by atoms with E-state index in [-0.39, 0.29) is 61.2 Å². The summed E-state index contributed by atoms with van der Waals surface area (Å²) in [5.74, 6) is 0.911. The highest BCUT2D eigenvalue weighted by atomic mass is 35.5. The molecule has 16 nitrogen and oxygen atoms in total. The number of nitrogens with zero attached hydrogens (tertiary/aromatic N) is 9. The number of aliphatic hydroxyl groups excluding tert-OH is 1. The lowest BCUT2D eigenvalue weighted by Gasteiger charge is -2.35. The molecule has 1 saturated carbocycles. The van der Waals surface area contributed by atoms with E-state index in [2.05, 4.69) is 49.7 Å². The molecule has 2 aliphatic heterocycles. The molecule has 372 valence electrons. The molecule has 1 saturated heterocycles. The molecule has 3 N–H and O–H groups in total. The van der Waals surface area contributed by atoms with Crippen LogP contribution in [0.4, 0.5) is 0 Å². The van der Waals surface area contributed by atoms with Gasteiger partial charge in [-0.05, 0) is 75.4 Å². The first-order valence-electron chi connectivity index (χ1n) is 24.2. The first-order valence-corrected chi connectivity index (χ1v) is 26.3. The van der Waals surface area contributed by atoms with Crippen LogP contribution in [0.5, 0.6) is 5.88 Å². The molecular formula is C53H56ClN11O5S2. The maximum Gasteiger partial charge on any atom is 0.248 e. The largest absolute Gasteiger partial charge is 0.474 e. The molecule has 0 unspecified atom stereocenters. The molecular weight excluding hydrogens is 970 g/mol. The van der Waals surface area contributed by atoms with E-state index in [4.69, 9.17) is 21.3 Å². The van der Waals surface area contributed by atoms with Crippen LogP contribution in [0.25, 0.3) is 26.6 Å². The topological polar surface area (TPSA) is 195 Å². The van der Waals surface area contributed by atoms with Crippen molar-refractivity contribution in [3.8, 4) is 32.4 Å². The van der Waals surface area contributed by atoms with Crippen LogP contribution >= 0.6 is 34.3 Å². The van der Waals surface area contributed by atoms with Crippen LogP contribution in [0.1, 0.15) is 109 Å². The number of β-amino-alcohol motifs (C(OH)–C–C–N with tert-alkyl or cyclic N) is 1. The molecule has 1 aliphatic carbocycles. The van der Waals surface area contributed by atoms with Gasteiger partial charge in [0.1, 0.15) is 35.1 Å². The highest BCUT2D eigenvalue weighted by Gasteiger charge is 2.43. The second-order valence-corrected chi connectivity index (χ2v) is 21.9. The number of nitrogens with one attached hydrogen (secondary N) is 2. The van der Waals surface area contributed by atoms with Crippen LogP contribution in [0, 0.1) is 33.6 Å². The lowest BCUT2D eigenvalue weighted by Crippen LogP contribution is -2.49. The van der Waals surface area contributed by atoms with E-state index in [1.54, 1.807) is 45.8 Å². The normalized spacial score (nSPS) is 20.2. The molecule has 7 heterocycles. The van der Waals surface area contributed by atoms with Gasteiger partial charge in [-0.1, -0.05) is 61.8 Å². The van der Waals surface area contributed by atoms with Crippen LogP contribution in [0.15, 0.2) is 89.8 Å². The van der Waals surface area contributed by atoms with Crippen LogP contribution in [0.3, 0.4) is 0 Å². The van der Waals surface area contributed by atoms with E-state index in [0.717, 1.165) is 66.1 Å².